The summed E-state index contributed by atoms with van der Waals surface area (Å²) in [5.74, 6) is 0.182. The first-order valence-corrected chi connectivity index (χ1v) is 8.95. The normalized spacial score (nSPS) is 16.2. The molecule has 0 amide bonds. The van der Waals surface area contributed by atoms with Gasteiger partial charge in [-0.15, -0.1) is 6.58 Å². The van der Waals surface area contributed by atoms with Gasteiger partial charge in [0.25, 0.3) is 0 Å². The fourth-order valence-corrected chi connectivity index (χ4v) is 3.06. The minimum absolute atomic E-state index is 0.122. The molecule has 0 bridgehead atoms. The highest BCUT2D eigenvalue weighted by molar-refractivity contribution is 6.00. The molecule has 2 rings (SSSR count). The van der Waals surface area contributed by atoms with Crippen LogP contribution in [-0.4, -0.2) is 56.6 Å². The predicted molar refractivity (Wildman–Crippen MR) is 99.9 cm³/mol. The number of nitrogens with zero attached hydrogens (tertiary/aromatic N) is 2. The number of hydrogen-bond donors (Lipinski definition) is 0. The van der Waals surface area contributed by atoms with E-state index < -0.39 is 0 Å². The monoisotopic (exact) mass is 330 g/mol. The van der Waals surface area contributed by atoms with Crippen molar-refractivity contribution < 1.29 is 9.53 Å². The Morgan fingerprint density at radius 1 is 1.33 bits per heavy atom. The lowest BCUT2D eigenvalue weighted by molar-refractivity contribution is 0.0852. The summed E-state index contributed by atoms with van der Waals surface area (Å²) in [5.41, 5.74) is 1.94. The Labute approximate surface area is 146 Å². The number of unbranched alkanes of at least 4 members (excludes halogenated alkanes) is 1. The molecule has 0 spiro atoms. The van der Waals surface area contributed by atoms with Gasteiger partial charge in [0.1, 0.15) is 0 Å². The van der Waals surface area contributed by atoms with E-state index in [-0.39, 0.29) is 11.8 Å². The van der Waals surface area contributed by atoms with Crippen molar-refractivity contribution in [1.82, 2.24) is 4.90 Å². The average molecular weight is 330 g/mol. The zero-order valence-electron chi connectivity index (χ0n) is 15.0. The number of anilines is 1. The average Bonchev–Trinajstić information content (AvgIpc) is 2.64. The molecule has 1 aromatic rings. The van der Waals surface area contributed by atoms with E-state index in [1.165, 1.54) is 0 Å². The fourth-order valence-electron chi connectivity index (χ4n) is 3.06. The Kier molecular flexibility index (Phi) is 7.47. The Morgan fingerprint density at radius 3 is 2.58 bits per heavy atom. The van der Waals surface area contributed by atoms with Crippen LogP contribution in [-0.2, 0) is 4.74 Å². The van der Waals surface area contributed by atoms with Crippen molar-refractivity contribution in [3.63, 3.8) is 0 Å². The number of hydrogen-bond acceptors (Lipinski definition) is 4. The van der Waals surface area contributed by atoms with E-state index in [4.69, 9.17) is 4.74 Å². The van der Waals surface area contributed by atoms with Gasteiger partial charge >= 0.3 is 0 Å². The Morgan fingerprint density at radius 2 is 2.00 bits per heavy atom. The van der Waals surface area contributed by atoms with Gasteiger partial charge < -0.3 is 9.64 Å². The lowest BCUT2D eigenvalue weighted by Gasteiger charge is -2.29. The van der Waals surface area contributed by atoms with Crippen LogP contribution in [0.15, 0.2) is 36.9 Å². The van der Waals surface area contributed by atoms with Crippen molar-refractivity contribution in [2.24, 2.45) is 0 Å². The van der Waals surface area contributed by atoms with E-state index in [1.54, 1.807) is 0 Å². The molecular weight excluding hydrogens is 300 g/mol. The van der Waals surface area contributed by atoms with Crippen LogP contribution in [0.3, 0.4) is 0 Å². The van der Waals surface area contributed by atoms with Gasteiger partial charge in [0, 0.05) is 24.3 Å². The van der Waals surface area contributed by atoms with Gasteiger partial charge in [0.05, 0.1) is 19.3 Å². The van der Waals surface area contributed by atoms with Gasteiger partial charge in [0.2, 0.25) is 0 Å². The smallest absolute Gasteiger partial charge is 0.180 e. The third-order valence-corrected chi connectivity index (χ3v) is 4.62. The molecule has 1 fully saturated rings. The number of ether oxygens (including phenoxy) is 1. The van der Waals surface area contributed by atoms with E-state index in [2.05, 4.69) is 35.4 Å². The van der Waals surface area contributed by atoms with Crippen molar-refractivity contribution in [3.05, 3.63) is 42.5 Å². The van der Waals surface area contributed by atoms with Crippen LogP contribution in [0.25, 0.3) is 0 Å². The van der Waals surface area contributed by atoms with E-state index in [1.807, 2.05) is 25.3 Å². The van der Waals surface area contributed by atoms with Gasteiger partial charge in [-0.25, -0.2) is 0 Å². The minimum Gasteiger partial charge on any atom is -0.378 e. The second-order valence-corrected chi connectivity index (χ2v) is 6.38. The molecular formula is C20H30N2O2. The van der Waals surface area contributed by atoms with Crippen LogP contribution >= 0.6 is 0 Å². The van der Waals surface area contributed by atoms with E-state index in [0.29, 0.717) is 6.42 Å². The zero-order chi connectivity index (χ0) is 17.4. The summed E-state index contributed by atoms with van der Waals surface area (Å²) in [4.78, 5) is 17.4. The Hall–Kier alpha value is -1.65. The van der Waals surface area contributed by atoms with Crippen LogP contribution in [0.1, 0.15) is 36.5 Å². The number of Topliss-reactive ketones (excluding diaryl/α,β-unsaturated/α-hetero) is 1. The van der Waals surface area contributed by atoms with Gasteiger partial charge in [-0.3, -0.25) is 9.69 Å². The first-order valence-electron chi connectivity index (χ1n) is 8.95. The van der Waals surface area contributed by atoms with Crippen LogP contribution in [0.4, 0.5) is 5.69 Å². The molecule has 0 radical (unpaired) electrons. The molecule has 1 heterocycles. The predicted octanol–water partition coefficient (Wildman–Crippen LogP) is 3.38. The molecule has 1 aliphatic heterocycles. The van der Waals surface area contributed by atoms with E-state index >= 15 is 0 Å². The van der Waals surface area contributed by atoms with Crippen molar-refractivity contribution in [2.45, 2.75) is 32.2 Å². The summed E-state index contributed by atoms with van der Waals surface area (Å²) in [6.45, 7) is 10.3. The lowest BCUT2D eigenvalue weighted by atomic mass is 9.99. The number of carbonyl (C=O) groups excluding carboxylic acids is 1. The van der Waals surface area contributed by atoms with E-state index in [9.17, 15) is 4.79 Å². The molecule has 0 aromatic heterocycles. The highest BCUT2D eigenvalue weighted by Crippen LogP contribution is 2.19. The second-order valence-electron chi connectivity index (χ2n) is 6.38. The molecule has 0 N–H and O–H groups in total. The summed E-state index contributed by atoms with van der Waals surface area (Å²) >= 11 is 0. The molecule has 1 aliphatic rings. The minimum atomic E-state index is -0.122. The van der Waals surface area contributed by atoms with Gasteiger partial charge in [0.15, 0.2) is 5.78 Å². The number of likely N-dealkylation sites (N-methyl/N-ethyl adjacent to an activating group) is 1. The third kappa shape index (κ3) is 4.92. The molecule has 4 nitrogen and oxygen atoms in total. The summed E-state index contributed by atoms with van der Waals surface area (Å²) in [6, 6.07) is 7.89. The SMILES string of the molecule is C=CCC(C(=O)c1ccc(N2CCOCC2)cc1)N(C)CCCC. The molecule has 1 atom stereocenters. The zero-order valence-corrected chi connectivity index (χ0v) is 15.0. The molecule has 0 saturated carbocycles. The van der Waals surface area contributed by atoms with Crippen LogP contribution < -0.4 is 4.90 Å². The number of morpholine rings is 1. The van der Waals surface area contributed by atoms with Crippen molar-refractivity contribution in [1.29, 1.82) is 0 Å². The fraction of sp³-hybridized carbons (Fsp3) is 0.550. The summed E-state index contributed by atoms with van der Waals surface area (Å²) in [5, 5.41) is 0. The Balaban J connectivity index is 2.06. The van der Waals surface area contributed by atoms with Gasteiger partial charge in [-0.1, -0.05) is 19.4 Å². The number of rotatable bonds is 9. The maximum absolute atomic E-state index is 12.9. The Bertz CT molecular complexity index is 521. The maximum atomic E-state index is 12.9. The molecule has 0 aliphatic carbocycles. The van der Waals surface area contributed by atoms with Crippen LogP contribution in [0.2, 0.25) is 0 Å². The maximum Gasteiger partial charge on any atom is 0.180 e. The van der Waals surface area contributed by atoms with Crippen LogP contribution in [0.5, 0.6) is 0 Å². The quantitative estimate of drug-likeness (QED) is 0.513. The van der Waals surface area contributed by atoms with Crippen molar-refractivity contribution >= 4 is 11.5 Å². The summed E-state index contributed by atoms with van der Waals surface area (Å²) in [6.07, 6.45) is 4.76. The molecule has 4 heteroatoms. The number of ketones is 1. The first-order chi connectivity index (χ1) is 11.7. The van der Waals surface area contributed by atoms with Gasteiger partial charge in [-0.2, -0.15) is 0 Å². The van der Waals surface area contributed by atoms with Crippen molar-refractivity contribution in [3.8, 4) is 0 Å². The van der Waals surface area contributed by atoms with E-state index in [0.717, 1.165) is 56.9 Å². The molecule has 1 aromatic carbocycles. The molecule has 1 unspecified atom stereocenters. The van der Waals surface area contributed by atoms with Gasteiger partial charge in [-0.05, 0) is 50.7 Å². The van der Waals surface area contributed by atoms with Crippen LogP contribution in [0, 0.1) is 0 Å². The number of carbonyl (C=O) groups is 1. The second kappa shape index (κ2) is 9.60. The molecule has 132 valence electrons. The summed E-state index contributed by atoms with van der Waals surface area (Å²) in [7, 11) is 2.03. The summed E-state index contributed by atoms with van der Waals surface area (Å²) < 4.78 is 5.39. The van der Waals surface area contributed by atoms with Crippen molar-refractivity contribution in [2.75, 3.05) is 44.8 Å². The topological polar surface area (TPSA) is 32.8 Å². The standard InChI is InChI=1S/C20H30N2O2/c1-4-6-12-21(3)19(7-5-2)20(23)17-8-10-18(11-9-17)22-13-15-24-16-14-22/h5,8-11,19H,2,4,6-7,12-16H2,1,3H3. The number of benzene rings is 1. The highest BCUT2D eigenvalue weighted by Gasteiger charge is 2.23. The largest absolute Gasteiger partial charge is 0.378 e. The first kappa shape index (κ1) is 18.7. The molecule has 1 saturated heterocycles. The third-order valence-electron chi connectivity index (χ3n) is 4.62. The highest BCUT2D eigenvalue weighted by atomic mass is 16.5. The lowest BCUT2D eigenvalue weighted by Crippen LogP contribution is -2.39. The molecule has 24 heavy (non-hydrogen) atoms.